The summed E-state index contributed by atoms with van der Waals surface area (Å²) in [6, 6.07) is 17.2. The van der Waals surface area contributed by atoms with Gasteiger partial charge in [-0.25, -0.2) is 4.79 Å². The minimum Gasteiger partial charge on any atom is -0.446 e. The van der Waals surface area contributed by atoms with Crippen LogP contribution in [0.25, 0.3) is 0 Å². The van der Waals surface area contributed by atoms with Crippen molar-refractivity contribution in [2.75, 3.05) is 24.5 Å². The van der Waals surface area contributed by atoms with Gasteiger partial charge in [0.05, 0.1) is 11.4 Å². The van der Waals surface area contributed by atoms with Crippen molar-refractivity contribution >= 4 is 29.1 Å². The molecule has 0 unspecified atom stereocenters. The highest BCUT2D eigenvalue weighted by Gasteiger charge is 2.59. The summed E-state index contributed by atoms with van der Waals surface area (Å²) >= 11 is 0. The van der Waals surface area contributed by atoms with Crippen molar-refractivity contribution in [2.45, 2.75) is 176 Å². The van der Waals surface area contributed by atoms with Gasteiger partial charge in [0.1, 0.15) is 6.10 Å². The van der Waals surface area contributed by atoms with E-state index in [0.717, 1.165) is 92.0 Å². The van der Waals surface area contributed by atoms with Gasteiger partial charge in [-0.05, 0) is 140 Å². The Bertz CT molecular complexity index is 2280. The Morgan fingerprint density at radius 2 is 1.56 bits per heavy atom. The first-order chi connectivity index (χ1) is 32.5. The fourth-order valence-electron chi connectivity index (χ4n) is 14.6. The normalized spacial score (nSPS) is 29.8. The van der Waals surface area contributed by atoms with Crippen LogP contribution >= 0.6 is 0 Å². The number of hydrogen-bond donors (Lipinski definition) is 2. The molecule has 8 rings (SSSR count). The van der Waals surface area contributed by atoms with E-state index in [4.69, 9.17) is 9.73 Å². The molecule has 368 valence electrons. The molecule has 3 fully saturated rings. The van der Waals surface area contributed by atoms with Gasteiger partial charge in [-0.1, -0.05) is 154 Å². The van der Waals surface area contributed by atoms with Crippen LogP contribution in [0.1, 0.15) is 170 Å². The van der Waals surface area contributed by atoms with Gasteiger partial charge in [0.2, 0.25) is 5.91 Å². The third-order valence-corrected chi connectivity index (χ3v) is 18.5. The Hall–Kier alpha value is -4.39. The summed E-state index contributed by atoms with van der Waals surface area (Å²) in [7, 11) is 0. The maximum absolute atomic E-state index is 13.0. The predicted molar refractivity (Wildman–Crippen MR) is 283 cm³/mol. The Morgan fingerprint density at radius 1 is 0.794 bits per heavy atom. The highest BCUT2D eigenvalue weighted by Crippen LogP contribution is 2.67. The molecule has 2 amide bonds. The Labute approximate surface area is 411 Å². The highest BCUT2D eigenvalue weighted by molar-refractivity contribution is 6.08. The van der Waals surface area contributed by atoms with Crippen molar-refractivity contribution in [3.63, 3.8) is 0 Å². The summed E-state index contributed by atoms with van der Waals surface area (Å²) < 4.78 is 6.02. The maximum Gasteiger partial charge on any atom is 0.407 e. The standard InChI is InChI=1S/C61H86N4O3/c1-42(2)21-20-22-43(3)47-32-33-48-46-31-30-44-41-45(34-36-60(44,8)49(46)35-37-61(47,48)9)68-57(67)63-39-38-62-56(66)29-14-11-19-40-65-53-26-18-16-24-51(53)59(6,7)55(65)28-13-10-12-27-54-58(4,5)50-23-15-17-25-52(50)64-54/h10,12-13,15-18,23-28,30,42-43,45-49H,11,14,19-22,29,31-41H2,1-9H3,(H,62,66)(H,63,67)/b13-10+,27-12+,55-28+/t43-,45+,46+,47-,48+,49+,60+,61-/m1/s1. The largest absolute Gasteiger partial charge is 0.446 e. The third-order valence-electron chi connectivity index (χ3n) is 18.5. The molecule has 0 aromatic heterocycles. The predicted octanol–water partition coefficient (Wildman–Crippen LogP) is 14.7. The van der Waals surface area contributed by atoms with Gasteiger partial charge in [0.15, 0.2) is 0 Å². The van der Waals surface area contributed by atoms with Gasteiger partial charge in [0, 0.05) is 54.7 Å². The number of para-hydroxylation sites is 2. The number of benzene rings is 2. The second kappa shape index (κ2) is 20.9. The van der Waals surface area contributed by atoms with Crippen molar-refractivity contribution in [3.05, 3.63) is 107 Å². The first-order valence-electron chi connectivity index (χ1n) is 27.1. The number of nitrogens with one attached hydrogen (secondary N) is 2. The van der Waals surface area contributed by atoms with Gasteiger partial charge < -0.3 is 20.3 Å². The third kappa shape index (κ3) is 10.2. The second-order valence-electron chi connectivity index (χ2n) is 23.9. The molecule has 2 aromatic rings. The van der Waals surface area contributed by atoms with Crippen LogP contribution in [0.4, 0.5) is 16.2 Å². The number of fused-ring (bicyclic) bond motifs is 7. The number of anilines is 1. The van der Waals surface area contributed by atoms with Crippen molar-refractivity contribution < 1.29 is 14.3 Å². The minimum atomic E-state index is -0.364. The van der Waals surface area contributed by atoms with Crippen LogP contribution < -0.4 is 15.5 Å². The van der Waals surface area contributed by atoms with E-state index in [-0.39, 0.29) is 34.3 Å². The number of carbonyl (C=O) groups is 2. The first kappa shape index (κ1) is 50.0. The van der Waals surface area contributed by atoms with E-state index in [1.54, 1.807) is 5.57 Å². The van der Waals surface area contributed by atoms with E-state index in [0.29, 0.717) is 24.9 Å². The zero-order chi connectivity index (χ0) is 48.3. The monoisotopic (exact) mass is 923 g/mol. The zero-order valence-electron chi connectivity index (χ0n) is 43.5. The minimum absolute atomic E-state index is 0.0313. The van der Waals surface area contributed by atoms with E-state index in [2.05, 4.69) is 163 Å². The van der Waals surface area contributed by atoms with Gasteiger partial charge in [-0.3, -0.25) is 9.79 Å². The average molecular weight is 923 g/mol. The molecule has 2 aromatic carbocycles. The summed E-state index contributed by atoms with van der Waals surface area (Å²) in [6.07, 6.45) is 30.0. The summed E-state index contributed by atoms with van der Waals surface area (Å²) in [5.74, 6) is 4.96. The summed E-state index contributed by atoms with van der Waals surface area (Å²) in [6.45, 7) is 23.3. The fourth-order valence-corrected chi connectivity index (χ4v) is 14.6. The average Bonchev–Trinajstić information content (AvgIpc) is 3.87. The number of aliphatic imine (C=N–C) groups is 1. The number of rotatable bonds is 18. The van der Waals surface area contributed by atoms with Crippen LogP contribution in [0.3, 0.4) is 0 Å². The van der Waals surface area contributed by atoms with Gasteiger partial charge in [-0.2, -0.15) is 0 Å². The maximum atomic E-state index is 13.0. The van der Waals surface area contributed by atoms with Crippen molar-refractivity contribution in [3.8, 4) is 0 Å². The molecule has 6 aliphatic rings. The summed E-state index contributed by atoms with van der Waals surface area (Å²) in [4.78, 5) is 33.2. The summed E-state index contributed by atoms with van der Waals surface area (Å²) in [5, 5.41) is 5.94. The Balaban J connectivity index is 0.736. The highest BCUT2D eigenvalue weighted by atomic mass is 16.6. The molecule has 0 bridgehead atoms. The number of ether oxygens (including phenoxy) is 1. The zero-order valence-corrected chi connectivity index (χ0v) is 43.5. The van der Waals surface area contributed by atoms with E-state index in [1.807, 2.05) is 0 Å². The van der Waals surface area contributed by atoms with Gasteiger partial charge in [0.25, 0.3) is 0 Å². The van der Waals surface area contributed by atoms with Gasteiger partial charge >= 0.3 is 6.09 Å². The number of carbonyl (C=O) groups excluding carboxylic acids is 2. The summed E-state index contributed by atoms with van der Waals surface area (Å²) in [5.41, 5.74) is 9.35. The molecule has 0 spiro atoms. The van der Waals surface area contributed by atoms with E-state index in [1.165, 1.54) is 73.9 Å². The van der Waals surface area contributed by atoms with E-state index >= 15 is 0 Å². The van der Waals surface area contributed by atoms with Crippen LogP contribution in [-0.4, -0.2) is 43.5 Å². The molecule has 3 saturated carbocycles. The molecule has 0 radical (unpaired) electrons. The molecule has 4 aliphatic carbocycles. The number of hydrogen-bond acceptors (Lipinski definition) is 5. The molecule has 7 nitrogen and oxygen atoms in total. The lowest BCUT2D eigenvalue weighted by molar-refractivity contribution is -0.121. The van der Waals surface area contributed by atoms with Crippen molar-refractivity contribution in [2.24, 2.45) is 51.3 Å². The molecule has 68 heavy (non-hydrogen) atoms. The molecule has 0 saturated heterocycles. The molecule has 2 aliphatic heterocycles. The first-order valence-corrected chi connectivity index (χ1v) is 27.1. The number of unbranched alkanes of at least 4 members (excludes halogenated alkanes) is 2. The van der Waals surface area contributed by atoms with Crippen molar-refractivity contribution in [1.29, 1.82) is 0 Å². The molecule has 2 heterocycles. The van der Waals surface area contributed by atoms with Crippen LogP contribution in [-0.2, 0) is 20.4 Å². The van der Waals surface area contributed by atoms with E-state index < -0.39 is 0 Å². The lowest BCUT2D eigenvalue weighted by Crippen LogP contribution is -2.51. The second-order valence-corrected chi connectivity index (χ2v) is 23.9. The molecule has 2 N–H and O–H groups in total. The molecule has 7 heteroatoms. The lowest BCUT2D eigenvalue weighted by Gasteiger charge is -2.58. The van der Waals surface area contributed by atoms with Crippen LogP contribution in [0.2, 0.25) is 0 Å². The van der Waals surface area contributed by atoms with Crippen molar-refractivity contribution in [1.82, 2.24) is 10.6 Å². The molecular formula is C61H86N4O3. The Morgan fingerprint density at radius 3 is 2.35 bits per heavy atom. The number of nitrogens with zero attached hydrogens (tertiary/aromatic N) is 2. The quantitative estimate of drug-likeness (QED) is 0.0886. The molecule has 8 atom stereocenters. The van der Waals surface area contributed by atoms with Crippen LogP contribution in [0, 0.1) is 46.3 Å². The smallest absolute Gasteiger partial charge is 0.407 e. The lowest BCUT2D eigenvalue weighted by atomic mass is 9.47. The van der Waals surface area contributed by atoms with Crippen LogP contribution in [0.5, 0.6) is 0 Å². The molecular weight excluding hydrogens is 837 g/mol. The Kier molecular flexibility index (Phi) is 15.4. The van der Waals surface area contributed by atoms with Gasteiger partial charge in [-0.15, -0.1) is 0 Å². The van der Waals surface area contributed by atoms with E-state index in [9.17, 15) is 9.59 Å². The topological polar surface area (TPSA) is 83.0 Å². The number of alkyl carbamates (subject to hydrolysis) is 1. The van der Waals surface area contributed by atoms with Crippen LogP contribution in [0.15, 0.2) is 101 Å². The SMILES string of the molecule is CC(C)CCC[C@@H](C)[C@H]1CC[C@H]2[C@@H]3CC=C4C[C@@H](OC(=O)NCCNC(=O)CCCCCN5/C(=C/C=C/C=C/C6=Nc7ccccc7C6(C)C)C(C)(C)c6ccccc65)CC[C@]4(C)[C@H]3CC[C@]12C. The fraction of sp³-hybridized carbons (Fsp3) is 0.623. The number of allylic oxidation sites excluding steroid dienone is 7. The number of amides is 2.